The second-order valence-electron chi connectivity index (χ2n) is 24.6. The molecule has 0 radical (unpaired) electrons. The summed E-state index contributed by atoms with van der Waals surface area (Å²) >= 11 is 0. The zero-order valence-electron chi connectivity index (χ0n) is 54.9. The van der Waals surface area contributed by atoms with Gasteiger partial charge in [-0.2, -0.15) is 0 Å². The van der Waals surface area contributed by atoms with E-state index >= 15 is 4.79 Å². The maximum Gasteiger partial charge on any atom is 2.00 e. The number of fused-ring (bicyclic) bond motifs is 16. The van der Waals surface area contributed by atoms with E-state index in [0.29, 0.717) is 56.0 Å². The first-order valence-electron chi connectivity index (χ1n) is 33.2. The molecule has 4 aliphatic heterocycles. The van der Waals surface area contributed by atoms with Gasteiger partial charge in [-0.15, -0.1) is 44.1 Å². The molecule has 0 saturated carbocycles. The molecule has 10 heterocycles. The fourth-order valence-electron chi connectivity index (χ4n) is 14.0. The largest absolute Gasteiger partial charge is 2.00 e. The standard InChI is InChI=1S/C89H57N10O.2Fe.H2O/c100-89(98-63-37-21-19-35-61(63)87-77-51-47-73(94-77)83(57-27-11-3-12-28-57)69-43-39-65(90-69)81(55-23-7-1-8-24-55)66-40-44-70(91-66)84(58-29-13-4-14-30-58)74-48-52-78(87)95-74)99-64-38-22-20-36-62(64)88-79-53-49-75(96-79)85(59-31-15-5-16-32-59)71-45-41-67(92-71)82(56-25-9-2-10-26-56)68-42-46-72(93-68)86(60-33-17-6-18-34-60)76-50-54-80(88)97-76;;;/h1-54H,(H3-3,90,91,92,93,94,95,96,97,98,99,100);;;1H2/q-3;2*+2;/p-1. The van der Waals surface area contributed by atoms with Gasteiger partial charge in [0.15, 0.2) is 0 Å². The zero-order chi connectivity index (χ0) is 66.5. The van der Waals surface area contributed by atoms with Gasteiger partial charge in [-0.3, -0.25) is 0 Å². The van der Waals surface area contributed by atoms with Gasteiger partial charge in [0.2, 0.25) is 0 Å². The SMILES string of the molecule is O.O=C(Nc1ccccc1-c1c2nc(c(-c3ccccc3)c3ccc([n-]3)c(-c3ccccc3)c3nc(c(-c4ccccc4)c4ccc1[n-]4)C=C3)C=C2)Nc1ccccc1-c1c2nc(c(-c3ccccc3)c3ccc([n-]3)c(-c3ccccc3)c3nc(c(-c4ccccc4)c4ccc1[n-]4)C=C3)C=C2.[Fe+2].[Fe+2]. The van der Waals surface area contributed by atoms with Crippen LogP contribution in [0.1, 0.15) is 45.6 Å². The van der Waals surface area contributed by atoms with E-state index in [4.69, 9.17) is 39.9 Å². The Balaban J connectivity index is 0.00000285. The number of para-hydroxylation sites is 2. The first-order chi connectivity index (χ1) is 49.5. The Hall–Kier alpha value is -12.8. The van der Waals surface area contributed by atoms with Crippen molar-refractivity contribution in [1.29, 1.82) is 0 Å². The summed E-state index contributed by atoms with van der Waals surface area (Å²) in [5.74, 6) is 0. The van der Waals surface area contributed by atoms with Crippen LogP contribution in [-0.4, -0.2) is 31.4 Å². The van der Waals surface area contributed by atoms with Gasteiger partial charge < -0.3 is 36.0 Å². The molecule has 12 nitrogen and oxygen atoms in total. The Bertz CT molecular complexity index is 5650. The minimum atomic E-state index is -0.480. The molecule has 0 atom stereocenters. The topological polar surface area (TPSA) is 181 Å². The monoisotopic (exact) mass is 1410 g/mol. The molecule has 8 aromatic carbocycles. The number of hydrogen-bond donors (Lipinski definition) is 2. The number of anilines is 2. The van der Waals surface area contributed by atoms with Gasteiger partial charge in [0, 0.05) is 11.1 Å². The van der Waals surface area contributed by atoms with E-state index < -0.39 is 6.03 Å². The fourth-order valence-corrected chi connectivity index (χ4v) is 14.0. The Morgan fingerprint density at radius 1 is 0.223 bits per heavy atom. The predicted octanol–water partition coefficient (Wildman–Crippen LogP) is 20.3. The number of nitrogens with zero attached hydrogens (tertiary/aromatic N) is 8. The summed E-state index contributed by atoms with van der Waals surface area (Å²) in [5, 5.41) is 6.63. The number of aromatic nitrogens is 8. The van der Waals surface area contributed by atoms with Gasteiger partial charge in [-0.25, -0.2) is 24.7 Å². The van der Waals surface area contributed by atoms with Crippen molar-refractivity contribution in [3.8, 4) is 89.0 Å². The van der Waals surface area contributed by atoms with E-state index in [9.17, 15) is 0 Å². The van der Waals surface area contributed by atoms with Crippen LogP contribution in [0.2, 0.25) is 0 Å². The molecule has 4 aliphatic rings. The van der Waals surface area contributed by atoms with Crippen LogP contribution in [0.3, 0.4) is 0 Å². The van der Waals surface area contributed by atoms with Crippen molar-refractivity contribution in [2.24, 2.45) is 0 Å². The molecule has 0 saturated heterocycles. The fraction of sp³-hybridized carbons (Fsp3) is 0. The summed E-state index contributed by atoms with van der Waals surface area (Å²) < 4.78 is 0. The Morgan fingerprint density at radius 3 is 0.612 bits per heavy atom. The molecule has 0 spiro atoms. The maximum atomic E-state index is 15.3. The van der Waals surface area contributed by atoms with Crippen molar-refractivity contribution < 1.29 is 44.4 Å². The number of nitrogens with one attached hydrogen (secondary N) is 2. The average molecular weight is 1410 g/mol. The van der Waals surface area contributed by atoms with E-state index in [1.54, 1.807) is 0 Å². The van der Waals surface area contributed by atoms with Crippen molar-refractivity contribution in [3.63, 3.8) is 0 Å². The van der Waals surface area contributed by atoms with Crippen molar-refractivity contribution in [2.45, 2.75) is 0 Å². The van der Waals surface area contributed by atoms with Gasteiger partial charge in [0.1, 0.15) is 0 Å². The van der Waals surface area contributed by atoms with Crippen LogP contribution >= 0.6 is 0 Å². The molecule has 0 fully saturated rings. The third-order valence-electron chi connectivity index (χ3n) is 18.5. The van der Waals surface area contributed by atoms with E-state index in [1.807, 2.05) is 206 Å². The predicted molar refractivity (Wildman–Crippen MR) is 413 cm³/mol. The summed E-state index contributed by atoms with van der Waals surface area (Å²) in [4.78, 5) is 59.3. The third-order valence-corrected chi connectivity index (χ3v) is 18.5. The molecule has 18 rings (SSSR count). The molecule has 14 heteroatoms. The zero-order valence-corrected chi connectivity index (χ0v) is 57.1. The first kappa shape index (κ1) is 66.1. The summed E-state index contributed by atoms with van der Waals surface area (Å²) in [7, 11) is 0. The normalized spacial score (nSPS) is 11.7. The molecule has 6 aromatic heterocycles. The van der Waals surface area contributed by atoms with Crippen LogP contribution < -0.4 is 30.6 Å². The average Bonchev–Trinajstić information content (AvgIpc) is 1.62. The van der Waals surface area contributed by atoms with Crippen molar-refractivity contribution in [3.05, 3.63) is 325 Å². The maximum absolute atomic E-state index is 15.3. The third kappa shape index (κ3) is 12.5. The van der Waals surface area contributed by atoms with Crippen LogP contribution in [0.5, 0.6) is 0 Å². The van der Waals surface area contributed by atoms with E-state index in [1.165, 1.54) is 0 Å². The number of benzene rings is 8. The second-order valence-corrected chi connectivity index (χ2v) is 24.6. The summed E-state index contributed by atoms with van der Waals surface area (Å²) in [6.45, 7) is 0. The number of rotatable bonds is 10. The number of hydrogen-bond acceptors (Lipinski definition) is 5. The quantitative estimate of drug-likeness (QED) is 0.126. The van der Waals surface area contributed by atoms with Crippen LogP contribution in [0.15, 0.2) is 279 Å². The van der Waals surface area contributed by atoms with Crippen LogP contribution in [0, 0.1) is 0 Å². The van der Waals surface area contributed by atoms with Crippen LogP contribution in [0.25, 0.3) is 182 Å². The van der Waals surface area contributed by atoms with Crippen molar-refractivity contribution in [2.75, 3.05) is 10.6 Å². The van der Waals surface area contributed by atoms with Crippen molar-refractivity contribution in [1.82, 2.24) is 39.9 Å². The molecule has 103 heavy (non-hydrogen) atoms. The number of carbonyl (C=O) groups is 1. The van der Waals surface area contributed by atoms with Gasteiger partial charge in [-0.05, 0) is 139 Å². The summed E-state index contributed by atoms with van der Waals surface area (Å²) in [6.07, 6.45) is 16.5. The Kier molecular flexibility index (Phi) is 18.3. The molecular weight excluding hydrogens is 1350 g/mol. The number of carbonyl (C=O) groups excluding carboxylic acids is 1. The molecule has 14 aromatic rings. The number of amides is 2. The van der Waals surface area contributed by atoms with E-state index in [2.05, 4.69) is 132 Å². The molecule has 16 bridgehead atoms. The number of urea groups is 1. The van der Waals surface area contributed by atoms with Crippen molar-refractivity contribution >= 4 is 110 Å². The molecule has 0 aliphatic carbocycles. The van der Waals surface area contributed by atoms with E-state index in [0.717, 1.165) is 134 Å². The summed E-state index contributed by atoms with van der Waals surface area (Å²) in [5.41, 5.74) is 26.7. The van der Waals surface area contributed by atoms with Crippen LogP contribution in [-0.2, 0) is 34.1 Å². The second kappa shape index (κ2) is 28.5. The Morgan fingerprint density at radius 2 is 0.398 bits per heavy atom. The van der Waals surface area contributed by atoms with Gasteiger partial charge >= 0.3 is 40.2 Å². The summed E-state index contributed by atoms with van der Waals surface area (Å²) in [6, 6.07) is 93.3. The Labute approximate surface area is 614 Å². The molecule has 492 valence electrons. The van der Waals surface area contributed by atoms with Crippen LogP contribution in [0.4, 0.5) is 16.2 Å². The van der Waals surface area contributed by atoms with E-state index in [-0.39, 0.29) is 39.6 Å². The molecule has 2 amide bonds. The smallest absolute Gasteiger partial charge is 0.657 e. The molecule has 0 unspecified atom stereocenters. The first-order valence-corrected chi connectivity index (χ1v) is 33.2. The van der Waals surface area contributed by atoms with Gasteiger partial charge in [0.25, 0.3) is 0 Å². The molecular formula is C89H58Fe2N10O2. The van der Waals surface area contributed by atoms with Gasteiger partial charge in [0.05, 0.1) is 56.9 Å². The minimum Gasteiger partial charge on any atom is -0.657 e. The minimum absolute atomic E-state index is 0. The van der Waals surface area contributed by atoms with Gasteiger partial charge in [-0.1, -0.05) is 267 Å². The molecule has 4 N–H and O–H groups in total.